The highest BCUT2D eigenvalue weighted by Crippen LogP contribution is 2.31. The Bertz CT molecular complexity index is 1190. The van der Waals surface area contributed by atoms with E-state index in [2.05, 4.69) is 0 Å². The van der Waals surface area contributed by atoms with Gasteiger partial charge in [0.05, 0.1) is 16.7 Å². The van der Waals surface area contributed by atoms with Crippen LogP contribution < -0.4 is 9.47 Å². The second kappa shape index (κ2) is 10.9. The second-order valence-corrected chi connectivity index (χ2v) is 7.86. The maximum Gasteiger partial charge on any atom is 0.203 e. The number of halogens is 2. The van der Waals surface area contributed by atoms with Gasteiger partial charge in [-0.2, -0.15) is 5.26 Å². The number of aryl methyl sites for hydroxylation is 1. The molecule has 0 bridgehead atoms. The van der Waals surface area contributed by atoms with Gasteiger partial charge in [-0.1, -0.05) is 65.2 Å². The van der Waals surface area contributed by atoms with E-state index in [1.807, 2.05) is 38.1 Å². The van der Waals surface area contributed by atoms with Gasteiger partial charge in [-0.05, 0) is 55.3 Å². The van der Waals surface area contributed by atoms with Crippen LogP contribution in [-0.2, 0) is 6.61 Å². The summed E-state index contributed by atoms with van der Waals surface area (Å²) in [4.78, 5) is 12.7. The van der Waals surface area contributed by atoms with Crippen molar-refractivity contribution in [1.29, 1.82) is 5.26 Å². The van der Waals surface area contributed by atoms with Crippen molar-refractivity contribution in [1.82, 2.24) is 0 Å². The highest BCUT2D eigenvalue weighted by Gasteiger charge is 2.13. The molecule has 32 heavy (non-hydrogen) atoms. The molecule has 3 rings (SSSR count). The Hall–Kier alpha value is -3.26. The molecule has 0 heterocycles. The van der Waals surface area contributed by atoms with Crippen LogP contribution >= 0.6 is 23.2 Å². The van der Waals surface area contributed by atoms with E-state index in [4.69, 9.17) is 32.7 Å². The first-order valence-electron chi connectivity index (χ1n) is 9.98. The molecule has 0 spiro atoms. The first-order valence-corrected chi connectivity index (χ1v) is 10.7. The number of nitriles is 1. The lowest BCUT2D eigenvalue weighted by atomic mass is 10.0. The predicted molar refractivity (Wildman–Crippen MR) is 128 cm³/mol. The van der Waals surface area contributed by atoms with Crippen molar-refractivity contribution in [3.05, 3.63) is 98.5 Å². The minimum absolute atomic E-state index is 0.0424. The van der Waals surface area contributed by atoms with Crippen molar-refractivity contribution in [2.24, 2.45) is 0 Å². The molecule has 0 saturated carbocycles. The fourth-order valence-corrected chi connectivity index (χ4v) is 3.29. The smallest absolute Gasteiger partial charge is 0.203 e. The number of allylic oxidation sites excluding steroid dienone is 1. The summed E-state index contributed by atoms with van der Waals surface area (Å²) in [6.45, 7) is 4.52. The third-order valence-corrected chi connectivity index (χ3v) is 5.37. The standard InChI is InChI=1S/C26H21Cl2NO3/c1-3-31-25-14-18(12-21(15-29)26(30)20-8-4-17(2)5-9-20)7-11-24(25)32-16-19-6-10-22(27)23(28)13-19/h4-14H,3,16H2,1-2H3. The van der Waals surface area contributed by atoms with Gasteiger partial charge in [0, 0.05) is 5.56 Å². The number of ether oxygens (including phenoxy) is 2. The Balaban J connectivity index is 1.83. The first kappa shape index (κ1) is 23.4. The van der Waals surface area contributed by atoms with E-state index in [1.54, 1.807) is 48.5 Å². The quantitative estimate of drug-likeness (QED) is 0.202. The maximum absolute atomic E-state index is 12.7. The van der Waals surface area contributed by atoms with E-state index >= 15 is 0 Å². The third kappa shape index (κ3) is 5.91. The molecular weight excluding hydrogens is 445 g/mol. The van der Waals surface area contributed by atoms with Crippen molar-refractivity contribution in [2.45, 2.75) is 20.5 Å². The van der Waals surface area contributed by atoms with Gasteiger partial charge >= 0.3 is 0 Å². The van der Waals surface area contributed by atoms with Crippen molar-refractivity contribution in [3.63, 3.8) is 0 Å². The molecule has 4 nitrogen and oxygen atoms in total. The lowest BCUT2D eigenvalue weighted by molar-refractivity contribution is 0.104. The zero-order valence-corrected chi connectivity index (χ0v) is 19.2. The Kier molecular flexibility index (Phi) is 7.94. The van der Waals surface area contributed by atoms with Gasteiger partial charge in [0.1, 0.15) is 18.2 Å². The van der Waals surface area contributed by atoms with Gasteiger partial charge in [-0.3, -0.25) is 4.79 Å². The topological polar surface area (TPSA) is 59.3 Å². The van der Waals surface area contributed by atoms with E-state index in [1.165, 1.54) is 0 Å². The molecule has 162 valence electrons. The Morgan fingerprint density at radius 3 is 2.38 bits per heavy atom. The highest BCUT2D eigenvalue weighted by molar-refractivity contribution is 6.42. The first-order chi connectivity index (χ1) is 15.4. The summed E-state index contributed by atoms with van der Waals surface area (Å²) in [6, 6.07) is 19.7. The average Bonchev–Trinajstić information content (AvgIpc) is 2.79. The highest BCUT2D eigenvalue weighted by atomic mass is 35.5. The van der Waals surface area contributed by atoms with Gasteiger partial charge < -0.3 is 9.47 Å². The molecule has 0 aliphatic rings. The van der Waals surface area contributed by atoms with Crippen LogP contribution in [0.2, 0.25) is 10.0 Å². The van der Waals surface area contributed by atoms with Crippen LogP contribution in [0.5, 0.6) is 11.5 Å². The monoisotopic (exact) mass is 465 g/mol. The molecule has 0 saturated heterocycles. The van der Waals surface area contributed by atoms with Crippen LogP contribution in [0, 0.1) is 18.3 Å². The fourth-order valence-electron chi connectivity index (χ4n) is 2.97. The van der Waals surface area contributed by atoms with Crippen molar-refractivity contribution < 1.29 is 14.3 Å². The molecule has 3 aromatic carbocycles. The summed E-state index contributed by atoms with van der Waals surface area (Å²) in [6.07, 6.45) is 1.55. The Morgan fingerprint density at radius 2 is 1.72 bits per heavy atom. The number of carbonyl (C=O) groups excluding carboxylic acids is 1. The lowest BCUT2D eigenvalue weighted by Gasteiger charge is -2.13. The summed E-state index contributed by atoms with van der Waals surface area (Å²) < 4.78 is 11.6. The van der Waals surface area contributed by atoms with Gasteiger partial charge in [-0.15, -0.1) is 0 Å². The molecule has 3 aromatic rings. The van der Waals surface area contributed by atoms with E-state index in [0.29, 0.717) is 39.3 Å². The van der Waals surface area contributed by atoms with Crippen molar-refractivity contribution in [3.8, 4) is 17.6 Å². The molecule has 6 heteroatoms. The maximum atomic E-state index is 12.7. The fraction of sp³-hybridized carbons (Fsp3) is 0.154. The minimum Gasteiger partial charge on any atom is -0.490 e. The minimum atomic E-state index is -0.328. The molecule has 0 fully saturated rings. The number of hydrogen-bond donors (Lipinski definition) is 0. The van der Waals surface area contributed by atoms with Crippen LogP contribution in [0.4, 0.5) is 0 Å². The van der Waals surface area contributed by atoms with Gasteiger partial charge in [0.2, 0.25) is 5.78 Å². The SMILES string of the molecule is CCOc1cc(C=C(C#N)C(=O)c2ccc(C)cc2)ccc1OCc1ccc(Cl)c(Cl)c1. The number of benzene rings is 3. The van der Waals surface area contributed by atoms with Crippen LogP contribution in [0.15, 0.2) is 66.2 Å². The lowest BCUT2D eigenvalue weighted by Crippen LogP contribution is -2.02. The van der Waals surface area contributed by atoms with E-state index in [0.717, 1.165) is 11.1 Å². The molecular formula is C26H21Cl2NO3. The van der Waals surface area contributed by atoms with Crippen molar-refractivity contribution in [2.75, 3.05) is 6.61 Å². The Morgan fingerprint density at radius 1 is 0.969 bits per heavy atom. The summed E-state index contributed by atoms with van der Waals surface area (Å²) in [5.74, 6) is 0.727. The largest absolute Gasteiger partial charge is 0.490 e. The molecule has 0 atom stereocenters. The summed E-state index contributed by atoms with van der Waals surface area (Å²) in [5, 5.41) is 10.5. The molecule has 0 amide bonds. The van der Waals surface area contributed by atoms with E-state index in [-0.39, 0.29) is 18.0 Å². The predicted octanol–water partition coefficient (Wildman–Crippen LogP) is 7.07. The number of carbonyl (C=O) groups is 1. The molecule has 0 aromatic heterocycles. The average molecular weight is 466 g/mol. The number of Topliss-reactive ketones (excluding diaryl/α,β-unsaturated/α-hetero) is 1. The van der Waals surface area contributed by atoms with Gasteiger partial charge in [-0.25, -0.2) is 0 Å². The normalized spacial score (nSPS) is 11.0. The van der Waals surface area contributed by atoms with E-state index < -0.39 is 0 Å². The van der Waals surface area contributed by atoms with Crippen LogP contribution in [0.3, 0.4) is 0 Å². The molecule has 0 aliphatic heterocycles. The van der Waals surface area contributed by atoms with Crippen LogP contribution in [-0.4, -0.2) is 12.4 Å². The zero-order valence-electron chi connectivity index (χ0n) is 17.7. The van der Waals surface area contributed by atoms with Crippen LogP contribution in [0.25, 0.3) is 6.08 Å². The summed E-state index contributed by atoms with van der Waals surface area (Å²) in [5.41, 5.74) is 3.08. The Labute approximate surface area is 197 Å². The van der Waals surface area contributed by atoms with E-state index in [9.17, 15) is 10.1 Å². The zero-order chi connectivity index (χ0) is 23.1. The third-order valence-electron chi connectivity index (χ3n) is 4.64. The number of rotatable bonds is 8. The number of nitrogens with zero attached hydrogens (tertiary/aromatic N) is 1. The molecule has 0 radical (unpaired) electrons. The molecule has 0 N–H and O–H groups in total. The summed E-state index contributed by atoms with van der Waals surface area (Å²) in [7, 11) is 0. The second-order valence-electron chi connectivity index (χ2n) is 7.04. The van der Waals surface area contributed by atoms with Gasteiger partial charge in [0.15, 0.2) is 11.5 Å². The van der Waals surface area contributed by atoms with Crippen molar-refractivity contribution >= 4 is 35.1 Å². The van der Waals surface area contributed by atoms with Crippen LogP contribution in [0.1, 0.15) is 34.0 Å². The number of hydrogen-bond acceptors (Lipinski definition) is 4. The number of ketones is 1. The van der Waals surface area contributed by atoms with Gasteiger partial charge in [0.25, 0.3) is 0 Å². The molecule has 0 aliphatic carbocycles. The molecule has 0 unspecified atom stereocenters. The summed E-state index contributed by atoms with van der Waals surface area (Å²) >= 11 is 12.0.